The van der Waals surface area contributed by atoms with Gasteiger partial charge in [0, 0.05) is 30.1 Å². The van der Waals surface area contributed by atoms with Crippen LogP contribution in [-0.2, 0) is 0 Å². The maximum Gasteiger partial charge on any atom is 0.184 e. The highest BCUT2D eigenvalue weighted by molar-refractivity contribution is 7.22. The minimum atomic E-state index is -0.300. The first kappa shape index (κ1) is 18.1. The van der Waals surface area contributed by atoms with Gasteiger partial charge >= 0.3 is 0 Å². The van der Waals surface area contributed by atoms with Crippen LogP contribution in [-0.4, -0.2) is 37.4 Å². The molecule has 1 saturated carbocycles. The smallest absolute Gasteiger partial charge is 0.184 e. The van der Waals surface area contributed by atoms with Crippen molar-refractivity contribution in [2.75, 3.05) is 5.32 Å². The molecule has 0 radical (unpaired) electrons. The molecule has 0 bridgehead atoms. The zero-order valence-corrected chi connectivity index (χ0v) is 16.5. The van der Waals surface area contributed by atoms with Gasteiger partial charge in [0.15, 0.2) is 5.13 Å². The van der Waals surface area contributed by atoms with Crippen molar-refractivity contribution >= 4 is 26.7 Å². The Kier molecular flexibility index (Phi) is 4.87. The second-order valence-corrected chi connectivity index (χ2v) is 8.25. The number of benzene rings is 1. The fourth-order valence-corrected chi connectivity index (χ4v) is 4.58. The number of aliphatic hydroxyl groups excluding tert-OH is 1. The molecule has 1 aliphatic rings. The average Bonchev–Trinajstić information content (AvgIpc) is 3.39. The number of nitrogens with one attached hydrogen (secondary N) is 2. The molecule has 8 heteroatoms. The minimum absolute atomic E-state index is 0.0817. The second kappa shape index (κ2) is 7.81. The molecule has 4 aromatic rings. The molecule has 1 fully saturated rings. The number of aromatic amines is 1. The highest BCUT2D eigenvalue weighted by atomic mass is 32.1. The number of hydrogen-bond donors (Lipinski definition) is 3. The Hall–Kier alpha value is -2.97. The lowest BCUT2D eigenvalue weighted by atomic mass is 9.93. The van der Waals surface area contributed by atoms with Gasteiger partial charge in [0.05, 0.1) is 34.3 Å². The molecule has 5 rings (SSSR count). The van der Waals surface area contributed by atoms with Crippen molar-refractivity contribution in [3.8, 4) is 22.8 Å². The van der Waals surface area contributed by atoms with E-state index in [1.807, 2.05) is 30.3 Å². The van der Waals surface area contributed by atoms with Gasteiger partial charge in [-0.2, -0.15) is 5.10 Å². The van der Waals surface area contributed by atoms with E-state index >= 15 is 0 Å². The summed E-state index contributed by atoms with van der Waals surface area (Å²) in [5.74, 6) is 1.46. The van der Waals surface area contributed by atoms with Crippen molar-refractivity contribution in [1.82, 2.24) is 20.2 Å². The number of anilines is 1. The van der Waals surface area contributed by atoms with Gasteiger partial charge in [-0.1, -0.05) is 24.2 Å². The largest absolute Gasteiger partial charge is 0.457 e. The maximum atomic E-state index is 10.2. The Labute approximate surface area is 171 Å². The van der Waals surface area contributed by atoms with Crippen molar-refractivity contribution in [3.63, 3.8) is 0 Å². The van der Waals surface area contributed by atoms with Crippen LogP contribution < -0.4 is 10.1 Å². The zero-order valence-electron chi connectivity index (χ0n) is 15.7. The van der Waals surface area contributed by atoms with E-state index < -0.39 is 0 Å². The van der Waals surface area contributed by atoms with Crippen LogP contribution in [0.3, 0.4) is 0 Å². The fraction of sp³-hybridized carbons (Fsp3) is 0.286. The van der Waals surface area contributed by atoms with E-state index in [0.717, 1.165) is 58.0 Å². The molecule has 29 heavy (non-hydrogen) atoms. The normalized spacial score (nSPS) is 19.3. The van der Waals surface area contributed by atoms with Crippen LogP contribution in [0.1, 0.15) is 25.7 Å². The Balaban J connectivity index is 1.34. The van der Waals surface area contributed by atoms with E-state index in [2.05, 4.69) is 25.5 Å². The summed E-state index contributed by atoms with van der Waals surface area (Å²) < 4.78 is 7.09. The van der Waals surface area contributed by atoms with Crippen molar-refractivity contribution < 1.29 is 9.84 Å². The van der Waals surface area contributed by atoms with Crippen LogP contribution in [0.4, 0.5) is 5.13 Å². The maximum absolute atomic E-state index is 10.2. The lowest BCUT2D eigenvalue weighted by Crippen LogP contribution is -2.36. The minimum Gasteiger partial charge on any atom is -0.457 e. The monoisotopic (exact) mass is 407 g/mol. The van der Waals surface area contributed by atoms with E-state index in [4.69, 9.17) is 4.74 Å². The molecule has 3 N–H and O–H groups in total. The highest BCUT2D eigenvalue weighted by Gasteiger charge is 2.23. The average molecular weight is 407 g/mol. The first-order valence-electron chi connectivity index (χ1n) is 9.73. The number of aromatic nitrogens is 4. The van der Waals surface area contributed by atoms with E-state index in [9.17, 15) is 5.11 Å². The van der Waals surface area contributed by atoms with E-state index in [0.29, 0.717) is 5.75 Å². The number of pyridine rings is 1. The number of fused-ring (bicyclic) bond motifs is 1. The summed E-state index contributed by atoms with van der Waals surface area (Å²) in [6.45, 7) is 0. The fourth-order valence-electron chi connectivity index (χ4n) is 3.63. The first-order chi connectivity index (χ1) is 14.2. The van der Waals surface area contributed by atoms with Gasteiger partial charge in [0.1, 0.15) is 11.5 Å². The molecule has 7 nitrogen and oxygen atoms in total. The van der Waals surface area contributed by atoms with Crippen LogP contribution >= 0.6 is 11.3 Å². The summed E-state index contributed by atoms with van der Waals surface area (Å²) in [5.41, 5.74) is 2.63. The number of hydrogen-bond acceptors (Lipinski definition) is 7. The third-order valence-corrected chi connectivity index (χ3v) is 6.11. The molecular formula is C21H21N5O2S. The number of ether oxygens (including phenoxy) is 1. The Morgan fingerprint density at radius 1 is 1.14 bits per heavy atom. The highest BCUT2D eigenvalue weighted by Crippen LogP contribution is 2.33. The summed E-state index contributed by atoms with van der Waals surface area (Å²) in [6, 6.07) is 9.67. The Morgan fingerprint density at radius 3 is 2.90 bits per heavy atom. The second-order valence-electron chi connectivity index (χ2n) is 7.22. The quantitative estimate of drug-likeness (QED) is 0.448. The number of H-pyrrole nitrogens is 1. The summed E-state index contributed by atoms with van der Waals surface area (Å²) in [7, 11) is 0. The standard InChI is InChI=1S/C21H21N5O2S/c27-19-4-2-1-3-16(19)25-21-26-17-6-5-14(10-20(17)29-21)28-15-7-8-22-18(9-15)13-11-23-24-12-13/h5-12,16,19,27H,1-4H2,(H,23,24)(H,25,26). The molecule has 2 unspecified atom stereocenters. The van der Waals surface area contributed by atoms with Gasteiger partial charge in [-0.3, -0.25) is 10.1 Å². The van der Waals surface area contributed by atoms with Crippen molar-refractivity contribution in [2.24, 2.45) is 0 Å². The molecule has 3 aromatic heterocycles. The SMILES string of the molecule is OC1CCCCC1Nc1nc2ccc(Oc3ccnc(-c4cn[nH]c4)c3)cc2s1. The number of aliphatic hydroxyl groups is 1. The van der Waals surface area contributed by atoms with Gasteiger partial charge in [0.2, 0.25) is 0 Å². The molecule has 148 valence electrons. The molecule has 0 aliphatic heterocycles. The summed E-state index contributed by atoms with van der Waals surface area (Å²) >= 11 is 1.58. The summed E-state index contributed by atoms with van der Waals surface area (Å²) in [6.07, 6.45) is 9.02. The molecule has 0 amide bonds. The predicted octanol–water partition coefficient (Wildman–Crippen LogP) is 4.59. The van der Waals surface area contributed by atoms with Crippen molar-refractivity contribution in [2.45, 2.75) is 37.8 Å². The van der Waals surface area contributed by atoms with Crippen molar-refractivity contribution in [3.05, 3.63) is 48.9 Å². The van der Waals surface area contributed by atoms with E-state index in [-0.39, 0.29) is 12.1 Å². The van der Waals surface area contributed by atoms with Crippen molar-refractivity contribution in [1.29, 1.82) is 0 Å². The number of thiazole rings is 1. The van der Waals surface area contributed by atoms with Crippen LogP contribution in [0.2, 0.25) is 0 Å². The number of nitrogens with zero attached hydrogens (tertiary/aromatic N) is 3. The Bertz CT molecular complexity index is 1110. The van der Waals surface area contributed by atoms with Gasteiger partial charge in [-0.25, -0.2) is 4.98 Å². The van der Waals surface area contributed by atoms with Crippen LogP contribution in [0, 0.1) is 0 Å². The van der Waals surface area contributed by atoms with Crippen LogP contribution in [0.25, 0.3) is 21.5 Å². The third kappa shape index (κ3) is 3.94. The predicted molar refractivity (Wildman–Crippen MR) is 113 cm³/mol. The molecule has 0 spiro atoms. The lowest BCUT2D eigenvalue weighted by Gasteiger charge is -2.27. The molecule has 3 heterocycles. The van der Waals surface area contributed by atoms with Gasteiger partial charge in [-0.15, -0.1) is 0 Å². The van der Waals surface area contributed by atoms with E-state index in [1.165, 1.54) is 0 Å². The molecule has 2 atom stereocenters. The summed E-state index contributed by atoms with van der Waals surface area (Å²) in [5, 5.41) is 21.2. The summed E-state index contributed by atoms with van der Waals surface area (Å²) in [4.78, 5) is 9.02. The number of rotatable bonds is 5. The van der Waals surface area contributed by atoms with E-state index in [1.54, 1.807) is 29.9 Å². The Morgan fingerprint density at radius 2 is 2.03 bits per heavy atom. The molecule has 1 aromatic carbocycles. The van der Waals surface area contributed by atoms with Crippen LogP contribution in [0.15, 0.2) is 48.9 Å². The van der Waals surface area contributed by atoms with Gasteiger partial charge in [-0.05, 0) is 31.0 Å². The molecule has 0 saturated heterocycles. The van der Waals surface area contributed by atoms with Gasteiger partial charge < -0.3 is 15.2 Å². The third-order valence-electron chi connectivity index (χ3n) is 5.16. The van der Waals surface area contributed by atoms with Gasteiger partial charge in [0.25, 0.3) is 0 Å². The molecule has 1 aliphatic carbocycles. The lowest BCUT2D eigenvalue weighted by molar-refractivity contribution is 0.116. The molecular weight excluding hydrogens is 386 g/mol. The topological polar surface area (TPSA) is 95.9 Å². The first-order valence-corrected chi connectivity index (χ1v) is 10.5. The van der Waals surface area contributed by atoms with Crippen LogP contribution in [0.5, 0.6) is 11.5 Å². The zero-order chi connectivity index (χ0) is 19.6.